The molecule has 300 valence electrons. The molecular weight excluding hydrogens is 769 g/mol. The lowest BCUT2D eigenvalue weighted by atomic mass is 9.73. The predicted octanol–water partition coefficient (Wildman–Crippen LogP) is 17.3. The van der Waals surface area contributed by atoms with Gasteiger partial charge in [0.1, 0.15) is 0 Å². The Morgan fingerprint density at radius 3 is 1.09 bits per heavy atom. The van der Waals surface area contributed by atoms with Gasteiger partial charge in [-0.25, -0.2) is 0 Å². The van der Waals surface area contributed by atoms with Crippen LogP contribution in [0.25, 0.3) is 99.4 Å². The molecule has 0 saturated heterocycles. The molecule has 1 atom stereocenters. The normalized spacial score (nSPS) is 14.1. The van der Waals surface area contributed by atoms with Crippen LogP contribution >= 0.6 is 0 Å². The Bertz CT molecular complexity index is 3400. The van der Waals surface area contributed by atoms with Crippen molar-refractivity contribution in [3.05, 3.63) is 265 Å². The summed E-state index contributed by atoms with van der Waals surface area (Å²) in [7, 11) is 0. The van der Waals surface area contributed by atoms with Crippen molar-refractivity contribution < 1.29 is 0 Å². The molecule has 0 aliphatic heterocycles. The molecule has 0 nitrogen and oxygen atoms in total. The maximum absolute atomic E-state index is 2.50. The molecule has 1 aliphatic rings. The quantitative estimate of drug-likeness (QED) is 0.141. The van der Waals surface area contributed by atoms with Crippen LogP contribution < -0.4 is 0 Å². The smallest absolute Gasteiger partial charge is 0.0435 e. The van der Waals surface area contributed by atoms with Gasteiger partial charge < -0.3 is 0 Å². The molecule has 0 heteroatoms. The van der Waals surface area contributed by atoms with Crippen molar-refractivity contribution in [2.45, 2.75) is 12.3 Å². The zero-order chi connectivity index (χ0) is 42.6. The fraction of sp³-hybridized carbons (Fsp3) is 0.0312. The molecule has 11 aromatic rings. The largest absolute Gasteiger partial charge is 0.0622 e. The zero-order valence-electron chi connectivity index (χ0n) is 35.7. The summed E-state index contributed by atoms with van der Waals surface area (Å²) in [5.74, 6) is 0. The Hall–Kier alpha value is -8.06. The van der Waals surface area contributed by atoms with Gasteiger partial charge in [0.05, 0.1) is 0 Å². The van der Waals surface area contributed by atoms with Gasteiger partial charge in [-0.1, -0.05) is 224 Å². The third-order valence-corrected chi connectivity index (χ3v) is 13.8. The van der Waals surface area contributed by atoms with Crippen LogP contribution in [0.4, 0.5) is 0 Å². The van der Waals surface area contributed by atoms with E-state index in [1.807, 2.05) is 0 Å². The lowest BCUT2D eigenvalue weighted by Gasteiger charge is -2.29. The van der Waals surface area contributed by atoms with Gasteiger partial charge in [-0.15, -0.1) is 0 Å². The first-order valence-corrected chi connectivity index (χ1v) is 22.3. The topological polar surface area (TPSA) is 0 Å². The van der Waals surface area contributed by atoms with E-state index >= 15 is 0 Å². The van der Waals surface area contributed by atoms with Crippen LogP contribution in [0.1, 0.15) is 23.6 Å². The average molecular weight is 813 g/mol. The van der Waals surface area contributed by atoms with Gasteiger partial charge in [-0.3, -0.25) is 0 Å². The van der Waals surface area contributed by atoms with Gasteiger partial charge in [0.2, 0.25) is 0 Å². The molecule has 1 aliphatic carbocycles. The molecule has 0 bridgehead atoms. The monoisotopic (exact) mass is 812 g/mol. The van der Waals surface area contributed by atoms with Crippen molar-refractivity contribution >= 4 is 21.5 Å². The summed E-state index contributed by atoms with van der Waals surface area (Å²) < 4.78 is 0. The second-order valence-corrected chi connectivity index (χ2v) is 17.3. The molecule has 0 fully saturated rings. The average Bonchev–Trinajstić information content (AvgIpc) is 3.64. The van der Waals surface area contributed by atoms with E-state index in [0.717, 1.165) is 0 Å². The van der Waals surface area contributed by atoms with Gasteiger partial charge in [-0.05, 0) is 147 Å². The van der Waals surface area contributed by atoms with E-state index in [2.05, 4.69) is 256 Å². The Labute approximate surface area is 375 Å². The van der Waals surface area contributed by atoms with Gasteiger partial charge in [-0.2, -0.15) is 0 Å². The summed E-state index contributed by atoms with van der Waals surface area (Å²) in [5.41, 5.74) is 21.0. The van der Waals surface area contributed by atoms with Gasteiger partial charge in [0.25, 0.3) is 0 Å². The number of fused-ring (bicyclic) bond motifs is 5. The second kappa shape index (κ2) is 15.4. The molecule has 0 amide bonds. The van der Waals surface area contributed by atoms with E-state index in [9.17, 15) is 0 Å². The fourth-order valence-corrected chi connectivity index (χ4v) is 10.6. The molecule has 11 aromatic carbocycles. The molecule has 12 rings (SSSR count). The Morgan fingerprint density at radius 2 is 0.578 bits per heavy atom. The molecule has 0 spiro atoms. The van der Waals surface area contributed by atoms with Crippen molar-refractivity contribution in [1.29, 1.82) is 0 Å². The van der Waals surface area contributed by atoms with E-state index in [1.165, 1.54) is 116 Å². The molecular formula is C64H44. The van der Waals surface area contributed by atoms with Gasteiger partial charge in [0.15, 0.2) is 0 Å². The fourth-order valence-electron chi connectivity index (χ4n) is 10.6. The summed E-state index contributed by atoms with van der Waals surface area (Å²) in [6.07, 6.45) is 0. The number of hydrogen-bond donors (Lipinski definition) is 0. The van der Waals surface area contributed by atoms with Gasteiger partial charge in [0, 0.05) is 5.41 Å². The summed E-state index contributed by atoms with van der Waals surface area (Å²) in [6.45, 7) is 2.42. The maximum atomic E-state index is 2.50. The third kappa shape index (κ3) is 6.22. The van der Waals surface area contributed by atoms with Crippen LogP contribution in [0.5, 0.6) is 0 Å². The third-order valence-electron chi connectivity index (χ3n) is 13.8. The van der Waals surface area contributed by atoms with E-state index in [0.29, 0.717) is 0 Å². The molecule has 64 heavy (non-hydrogen) atoms. The molecule has 1 unspecified atom stereocenters. The van der Waals surface area contributed by atoms with E-state index < -0.39 is 0 Å². The number of benzene rings is 11. The van der Waals surface area contributed by atoms with Crippen LogP contribution in [-0.4, -0.2) is 0 Å². The van der Waals surface area contributed by atoms with Crippen LogP contribution in [0, 0.1) is 0 Å². The highest BCUT2D eigenvalue weighted by atomic mass is 14.4. The summed E-state index contributed by atoms with van der Waals surface area (Å²) >= 11 is 0. The summed E-state index contributed by atoms with van der Waals surface area (Å²) in [6, 6.07) is 91.8. The van der Waals surface area contributed by atoms with Crippen molar-refractivity contribution in [3.8, 4) is 77.9 Å². The Morgan fingerprint density at radius 1 is 0.234 bits per heavy atom. The first-order chi connectivity index (χ1) is 31.6. The second-order valence-electron chi connectivity index (χ2n) is 17.3. The van der Waals surface area contributed by atoms with E-state index in [4.69, 9.17) is 0 Å². The maximum Gasteiger partial charge on any atom is 0.0435 e. The van der Waals surface area contributed by atoms with E-state index in [-0.39, 0.29) is 5.41 Å². The predicted molar refractivity (Wildman–Crippen MR) is 272 cm³/mol. The van der Waals surface area contributed by atoms with Crippen LogP contribution in [0.15, 0.2) is 249 Å². The SMILES string of the molecule is CC1(c2ccc(-c3ccccc3)cc2)c2ccccc2-c2ccc(-c3c4ccccc4c(-c4ccc(-c5cc(-c6ccccc6)cc(-c6ccccc6)c5)cc4)c4ccccc34)cc21. The lowest BCUT2D eigenvalue weighted by Crippen LogP contribution is -2.22. The van der Waals surface area contributed by atoms with Crippen molar-refractivity contribution in [1.82, 2.24) is 0 Å². The number of hydrogen-bond acceptors (Lipinski definition) is 0. The van der Waals surface area contributed by atoms with E-state index in [1.54, 1.807) is 0 Å². The van der Waals surface area contributed by atoms with Crippen molar-refractivity contribution in [2.75, 3.05) is 0 Å². The van der Waals surface area contributed by atoms with Crippen LogP contribution in [0.2, 0.25) is 0 Å². The highest BCUT2D eigenvalue weighted by Gasteiger charge is 2.41. The first-order valence-electron chi connectivity index (χ1n) is 22.3. The van der Waals surface area contributed by atoms with Crippen LogP contribution in [0.3, 0.4) is 0 Å². The highest BCUT2D eigenvalue weighted by Crippen LogP contribution is 2.54. The highest BCUT2D eigenvalue weighted by molar-refractivity contribution is 6.21. The molecule has 0 N–H and O–H groups in total. The van der Waals surface area contributed by atoms with Crippen molar-refractivity contribution in [2.24, 2.45) is 0 Å². The minimum Gasteiger partial charge on any atom is -0.0622 e. The Balaban J connectivity index is 0.989. The molecule has 0 aromatic heterocycles. The minimum atomic E-state index is -0.326. The minimum absolute atomic E-state index is 0.326. The Kier molecular flexibility index (Phi) is 9.06. The molecule has 0 saturated carbocycles. The summed E-state index contributed by atoms with van der Waals surface area (Å²) in [4.78, 5) is 0. The lowest BCUT2D eigenvalue weighted by molar-refractivity contribution is 0.714. The zero-order valence-corrected chi connectivity index (χ0v) is 35.7. The van der Waals surface area contributed by atoms with Crippen LogP contribution in [-0.2, 0) is 5.41 Å². The van der Waals surface area contributed by atoms with Gasteiger partial charge >= 0.3 is 0 Å². The first kappa shape index (κ1) is 37.7. The standard InChI is InChI=1S/C64H44/c1-64(53-36-33-46(34-37-53)43-17-5-2-6-18-43)60-28-16-15-23-54(60)55-38-35-49(42-61(55)64)63-58-26-13-11-24-56(58)62(57-25-12-14-27-59(57)63)48-31-29-47(30-32-48)52-40-50(44-19-7-3-8-20-44)39-51(41-52)45-21-9-4-10-22-45/h2-42H,1H3. The van der Waals surface area contributed by atoms with Crippen molar-refractivity contribution in [3.63, 3.8) is 0 Å². The summed E-state index contributed by atoms with van der Waals surface area (Å²) in [5, 5.41) is 5.02. The number of rotatable bonds is 7. The molecule has 0 radical (unpaired) electrons. The molecule has 0 heterocycles.